The van der Waals surface area contributed by atoms with E-state index in [4.69, 9.17) is 0 Å². The predicted octanol–water partition coefficient (Wildman–Crippen LogP) is 1.17. The van der Waals surface area contributed by atoms with E-state index in [-0.39, 0.29) is 28.8 Å². The number of rotatable bonds is 6. The summed E-state index contributed by atoms with van der Waals surface area (Å²) in [6.07, 6.45) is -4.81. The van der Waals surface area contributed by atoms with Crippen LogP contribution >= 0.6 is 7.14 Å². The number of hydrogen-bond acceptors (Lipinski definition) is 3. The van der Waals surface area contributed by atoms with Crippen molar-refractivity contribution in [3.8, 4) is 0 Å². The molecule has 0 aromatic heterocycles. The minimum atomic E-state index is -4.49. The van der Waals surface area contributed by atoms with E-state index in [1.54, 1.807) is 60.7 Å². The molecule has 0 aliphatic heterocycles. The van der Waals surface area contributed by atoms with Gasteiger partial charge < -0.3 is 21.5 Å². The Morgan fingerprint density at radius 2 is 1.37 bits per heavy atom. The summed E-state index contributed by atoms with van der Waals surface area (Å²) < 4.78 is 52.2. The normalized spacial score (nSPS) is 11.3. The van der Waals surface area contributed by atoms with E-state index >= 15 is 0 Å². The zero-order chi connectivity index (χ0) is 20.9. The highest BCUT2D eigenvalue weighted by Gasteiger charge is 2.31. The predicted molar refractivity (Wildman–Crippen MR) is 108 cm³/mol. The third-order valence-corrected chi connectivity index (χ3v) is 7.25. The van der Waals surface area contributed by atoms with Crippen molar-refractivity contribution in [2.45, 2.75) is 6.18 Å². The summed E-state index contributed by atoms with van der Waals surface area (Å²) in [5.74, 6) is -0.599. The SMILES string of the molecule is O=C(CP(=O)(c1ccccc1)c1ccccc1)NNc1cccc(C(F)(F)F)c1.[Br-]. The first kappa shape index (κ1) is 23.7. The number of carbonyl (C=O) groups excluding carboxylic acids is 1. The fourth-order valence-corrected chi connectivity index (χ4v) is 5.28. The highest BCUT2D eigenvalue weighted by molar-refractivity contribution is 7.79. The molecule has 158 valence electrons. The van der Waals surface area contributed by atoms with Crippen LogP contribution < -0.4 is 38.4 Å². The van der Waals surface area contributed by atoms with E-state index in [9.17, 15) is 22.5 Å². The Kier molecular flexibility index (Phi) is 7.87. The lowest BCUT2D eigenvalue weighted by molar-refractivity contribution is -0.137. The standard InChI is InChI=1S/C21H18F3N2O2P.BrH/c22-21(23,24)16-8-7-9-17(14-16)25-26-20(27)15-29(28,18-10-3-1-4-11-18)19-12-5-2-6-13-19;/h1-14,25H,15H2,(H,26,27);1H/p-1. The van der Waals surface area contributed by atoms with Crippen LogP contribution in [0.3, 0.4) is 0 Å². The summed E-state index contributed by atoms with van der Waals surface area (Å²) in [6.45, 7) is 0. The van der Waals surface area contributed by atoms with E-state index in [2.05, 4.69) is 10.9 Å². The molecule has 0 aliphatic carbocycles. The molecule has 9 heteroatoms. The summed E-state index contributed by atoms with van der Waals surface area (Å²) in [4.78, 5) is 12.5. The molecule has 2 N–H and O–H groups in total. The lowest BCUT2D eigenvalue weighted by Crippen LogP contribution is -3.00. The van der Waals surface area contributed by atoms with Gasteiger partial charge in [-0.25, -0.2) is 0 Å². The van der Waals surface area contributed by atoms with Crippen LogP contribution in [-0.4, -0.2) is 12.1 Å². The van der Waals surface area contributed by atoms with Gasteiger partial charge in [0, 0.05) is 10.6 Å². The molecule has 0 heterocycles. The molecular formula is C21H18BrF3N2O2P-. The van der Waals surface area contributed by atoms with Crippen LogP contribution in [0.5, 0.6) is 0 Å². The summed E-state index contributed by atoms with van der Waals surface area (Å²) in [5, 5.41) is 1.06. The van der Waals surface area contributed by atoms with Crippen molar-refractivity contribution in [2.75, 3.05) is 11.6 Å². The van der Waals surface area contributed by atoms with E-state index in [0.29, 0.717) is 10.6 Å². The van der Waals surface area contributed by atoms with Gasteiger partial charge in [0.25, 0.3) is 0 Å². The Morgan fingerprint density at radius 1 is 0.833 bits per heavy atom. The van der Waals surface area contributed by atoms with Crippen LogP contribution in [-0.2, 0) is 15.5 Å². The van der Waals surface area contributed by atoms with Gasteiger partial charge in [0.05, 0.1) is 17.4 Å². The lowest BCUT2D eigenvalue weighted by Gasteiger charge is -2.19. The number of carbonyl (C=O) groups is 1. The van der Waals surface area contributed by atoms with Crippen molar-refractivity contribution in [2.24, 2.45) is 0 Å². The fourth-order valence-electron chi connectivity index (χ4n) is 2.83. The molecule has 0 bridgehead atoms. The second-order valence-electron chi connectivity index (χ2n) is 6.32. The van der Waals surface area contributed by atoms with Crippen LogP contribution in [0.4, 0.5) is 18.9 Å². The minimum Gasteiger partial charge on any atom is -1.00 e. The number of hydrazine groups is 1. The van der Waals surface area contributed by atoms with Crippen molar-refractivity contribution >= 4 is 29.3 Å². The molecule has 3 rings (SSSR count). The number of anilines is 1. The first-order valence-corrected chi connectivity index (χ1v) is 10.6. The summed E-state index contributed by atoms with van der Waals surface area (Å²) in [7, 11) is -3.27. The van der Waals surface area contributed by atoms with Gasteiger partial charge in [-0.15, -0.1) is 0 Å². The summed E-state index contributed by atoms with van der Waals surface area (Å²) in [5.41, 5.74) is 4.04. The van der Waals surface area contributed by atoms with Crippen molar-refractivity contribution in [3.63, 3.8) is 0 Å². The van der Waals surface area contributed by atoms with E-state index in [1.807, 2.05) is 0 Å². The molecule has 0 atom stereocenters. The van der Waals surface area contributed by atoms with Crippen LogP contribution in [0.15, 0.2) is 84.9 Å². The van der Waals surface area contributed by atoms with Crippen LogP contribution in [0, 0.1) is 0 Å². The summed E-state index contributed by atoms with van der Waals surface area (Å²) >= 11 is 0. The van der Waals surface area contributed by atoms with Crippen molar-refractivity contribution in [3.05, 3.63) is 90.5 Å². The van der Waals surface area contributed by atoms with Gasteiger partial charge in [-0.3, -0.25) is 15.6 Å². The zero-order valence-corrected chi connectivity index (χ0v) is 18.0. The molecule has 3 aromatic carbocycles. The van der Waals surface area contributed by atoms with Crippen molar-refractivity contribution < 1.29 is 39.5 Å². The number of nitrogens with one attached hydrogen (secondary N) is 2. The average molecular weight is 498 g/mol. The topological polar surface area (TPSA) is 58.2 Å². The second kappa shape index (κ2) is 9.96. The van der Waals surface area contributed by atoms with Gasteiger partial charge in [-0.05, 0) is 18.2 Å². The molecule has 0 spiro atoms. The number of benzene rings is 3. The minimum absolute atomic E-state index is 0. The quantitative estimate of drug-likeness (QED) is 0.397. The number of amides is 1. The monoisotopic (exact) mass is 497 g/mol. The van der Waals surface area contributed by atoms with Gasteiger partial charge >= 0.3 is 6.18 Å². The van der Waals surface area contributed by atoms with Gasteiger partial charge in [0.15, 0.2) is 7.14 Å². The zero-order valence-electron chi connectivity index (χ0n) is 15.6. The van der Waals surface area contributed by atoms with E-state index in [1.165, 1.54) is 12.1 Å². The first-order chi connectivity index (χ1) is 13.8. The maximum Gasteiger partial charge on any atom is 0.416 e. The van der Waals surface area contributed by atoms with Crippen LogP contribution in [0.25, 0.3) is 0 Å². The second-order valence-corrected chi connectivity index (χ2v) is 9.15. The molecular weight excluding hydrogens is 480 g/mol. The van der Waals surface area contributed by atoms with Crippen LogP contribution in [0.2, 0.25) is 0 Å². The first-order valence-electron chi connectivity index (χ1n) is 8.71. The molecule has 30 heavy (non-hydrogen) atoms. The van der Waals surface area contributed by atoms with Gasteiger partial charge in [0.2, 0.25) is 5.91 Å². The molecule has 0 radical (unpaired) electrons. The molecule has 4 nitrogen and oxygen atoms in total. The Labute approximate surface area is 182 Å². The molecule has 0 saturated carbocycles. The lowest BCUT2D eigenvalue weighted by atomic mass is 10.2. The highest BCUT2D eigenvalue weighted by Crippen LogP contribution is 2.42. The molecule has 0 fully saturated rings. The van der Waals surface area contributed by atoms with Gasteiger partial charge in [-0.2, -0.15) is 13.2 Å². The fraction of sp³-hybridized carbons (Fsp3) is 0.0952. The largest absolute Gasteiger partial charge is 1.00 e. The maximum absolute atomic E-state index is 13.8. The van der Waals surface area contributed by atoms with Crippen LogP contribution in [0.1, 0.15) is 5.56 Å². The van der Waals surface area contributed by atoms with Gasteiger partial charge in [-0.1, -0.05) is 66.7 Å². The van der Waals surface area contributed by atoms with E-state index in [0.717, 1.165) is 12.1 Å². The smallest absolute Gasteiger partial charge is 0.416 e. The Balaban J connectivity index is 0.00000320. The Morgan fingerprint density at radius 3 is 1.87 bits per heavy atom. The number of alkyl halides is 3. The molecule has 1 amide bonds. The molecule has 3 aromatic rings. The van der Waals surface area contributed by atoms with E-state index < -0.39 is 24.8 Å². The maximum atomic E-state index is 13.8. The molecule has 0 unspecified atom stereocenters. The average Bonchev–Trinajstić information content (AvgIpc) is 2.73. The highest BCUT2D eigenvalue weighted by atomic mass is 79.9. The number of halogens is 4. The Bertz CT molecular complexity index is 988. The van der Waals surface area contributed by atoms with Gasteiger partial charge in [0.1, 0.15) is 0 Å². The summed E-state index contributed by atoms with van der Waals surface area (Å²) in [6, 6.07) is 21.8. The Hall–Kier alpha value is -2.57. The molecule has 0 saturated heterocycles. The number of hydrogen-bond donors (Lipinski definition) is 2. The molecule has 0 aliphatic rings. The van der Waals surface area contributed by atoms with Crippen molar-refractivity contribution in [1.82, 2.24) is 5.43 Å². The third-order valence-electron chi connectivity index (χ3n) is 4.25. The van der Waals surface area contributed by atoms with Crippen molar-refractivity contribution in [1.29, 1.82) is 0 Å². The third kappa shape index (κ3) is 5.74.